The Bertz CT molecular complexity index is 516. The summed E-state index contributed by atoms with van der Waals surface area (Å²) >= 11 is 3.94. The van der Waals surface area contributed by atoms with Crippen molar-refractivity contribution in [2.75, 3.05) is 0 Å². The normalized spacial score (nSPS) is 12.3. The first kappa shape index (κ1) is 11.5. The van der Waals surface area contributed by atoms with Crippen LogP contribution in [0, 0.1) is 7.14 Å². The fourth-order valence-electron chi connectivity index (χ4n) is 1.28. The second-order valence-corrected chi connectivity index (χ2v) is 5.32. The summed E-state index contributed by atoms with van der Waals surface area (Å²) in [6.07, 6.45) is -3.60. The minimum atomic E-state index is -4.36. The van der Waals surface area contributed by atoms with Crippen LogP contribution < -0.4 is 0 Å². The highest BCUT2D eigenvalue weighted by atomic mass is 127. The van der Waals surface area contributed by atoms with Crippen molar-refractivity contribution in [3.8, 4) is 0 Å². The fraction of sp³-hybridized carbons (Fsp3) is 0.111. The minimum Gasteiger partial charge on any atom is -0.463 e. The van der Waals surface area contributed by atoms with Gasteiger partial charge in [0.05, 0.1) is 3.57 Å². The zero-order valence-corrected chi connectivity index (χ0v) is 11.3. The van der Waals surface area contributed by atoms with Crippen molar-refractivity contribution < 1.29 is 17.6 Å². The summed E-state index contributed by atoms with van der Waals surface area (Å²) in [5.41, 5.74) is -0.419. The summed E-state index contributed by atoms with van der Waals surface area (Å²) in [4.78, 5) is 0. The van der Waals surface area contributed by atoms with Gasteiger partial charge in [-0.25, -0.2) is 0 Å². The zero-order valence-electron chi connectivity index (χ0n) is 7.03. The maximum atomic E-state index is 12.5. The van der Waals surface area contributed by atoms with E-state index in [2.05, 4.69) is 0 Å². The van der Waals surface area contributed by atoms with Crippen molar-refractivity contribution in [2.45, 2.75) is 6.18 Å². The van der Waals surface area contributed by atoms with E-state index in [1.165, 1.54) is 6.07 Å². The number of fused-ring (bicyclic) bond motifs is 1. The van der Waals surface area contributed by atoms with Crippen molar-refractivity contribution in [3.63, 3.8) is 0 Å². The van der Waals surface area contributed by atoms with Gasteiger partial charge in [0.1, 0.15) is 17.4 Å². The van der Waals surface area contributed by atoms with E-state index in [1.807, 2.05) is 45.2 Å². The average molecular weight is 438 g/mol. The molecule has 0 spiro atoms. The van der Waals surface area contributed by atoms with E-state index >= 15 is 0 Å². The number of benzene rings is 1. The molecule has 6 heteroatoms. The molecule has 0 amide bonds. The Kier molecular flexibility index (Phi) is 2.91. The zero-order chi connectivity index (χ0) is 11.2. The largest absolute Gasteiger partial charge is 0.463 e. The van der Waals surface area contributed by atoms with Gasteiger partial charge >= 0.3 is 6.18 Å². The molecule has 80 valence electrons. The van der Waals surface area contributed by atoms with Gasteiger partial charge in [0, 0.05) is 8.96 Å². The third-order valence-electron chi connectivity index (χ3n) is 1.90. The molecule has 0 atom stereocenters. The summed E-state index contributed by atoms with van der Waals surface area (Å²) in [6.45, 7) is 0. The van der Waals surface area contributed by atoms with E-state index in [9.17, 15) is 13.2 Å². The van der Waals surface area contributed by atoms with Gasteiger partial charge in [-0.05, 0) is 57.3 Å². The van der Waals surface area contributed by atoms with Gasteiger partial charge in [-0.15, -0.1) is 0 Å². The molecule has 0 N–H and O–H groups in total. The van der Waals surface area contributed by atoms with Gasteiger partial charge in [0.2, 0.25) is 0 Å². The van der Waals surface area contributed by atoms with Crippen LogP contribution >= 0.6 is 45.2 Å². The average Bonchev–Trinajstić information content (AvgIpc) is 2.45. The van der Waals surface area contributed by atoms with E-state index < -0.39 is 11.7 Å². The third kappa shape index (κ3) is 2.10. The summed E-state index contributed by atoms with van der Waals surface area (Å²) < 4.78 is 44.0. The van der Waals surface area contributed by atoms with Crippen LogP contribution in [-0.4, -0.2) is 0 Å². The molecule has 1 aromatic carbocycles. The highest BCUT2D eigenvalue weighted by Gasteiger charge is 2.35. The lowest BCUT2D eigenvalue weighted by molar-refractivity contribution is -0.136. The number of hydrogen-bond acceptors (Lipinski definition) is 1. The molecule has 0 radical (unpaired) electrons. The SMILES string of the molecule is FC(F)(F)c1coc2c(I)cc(I)cc12. The van der Waals surface area contributed by atoms with E-state index in [-0.39, 0.29) is 5.39 Å². The lowest BCUT2D eigenvalue weighted by Gasteiger charge is -2.03. The summed E-state index contributed by atoms with van der Waals surface area (Å²) in [6, 6.07) is 3.25. The lowest BCUT2D eigenvalue weighted by Crippen LogP contribution is -2.03. The van der Waals surface area contributed by atoms with E-state index in [1.54, 1.807) is 6.07 Å². The van der Waals surface area contributed by atoms with Crippen LogP contribution in [0.5, 0.6) is 0 Å². The smallest absolute Gasteiger partial charge is 0.420 e. The van der Waals surface area contributed by atoms with Crippen LogP contribution in [0.25, 0.3) is 11.0 Å². The molecule has 0 aliphatic rings. The molecule has 2 aromatic rings. The Hall–Kier alpha value is 0.01000. The van der Waals surface area contributed by atoms with Crippen molar-refractivity contribution in [2.24, 2.45) is 0 Å². The molecule has 0 saturated heterocycles. The molecule has 0 saturated carbocycles. The molecule has 0 aliphatic carbocycles. The number of rotatable bonds is 0. The molecule has 15 heavy (non-hydrogen) atoms. The Labute approximate surface area is 110 Å². The van der Waals surface area contributed by atoms with E-state index in [4.69, 9.17) is 4.42 Å². The van der Waals surface area contributed by atoms with Crippen LogP contribution in [-0.2, 0) is 6.18 Å². The first-order valence-corrected chi connectivity index (χ1v) is 5.99. The number of alkyl halides is 3. The topological polar surface area (TPSA) is 13.1 Å². The first-order chi connectivity index (χ1) is 6.89. The second-order valence-electron chi connectivity index (χ2n) is 2.91. The van der Waals surface area contributed by atoms with E-state index in [0.29, 0.717) is 9.15 Å². The lowest BCUT2D eigenvalue weighted by atomic mass is 10.2. The van der Waals surface area contributed by atoms with Gasteiger partial charge in [-0.1, -0.05) is 0 Å². The van der Waals surface area contributed by atoms with E-state index in [0.717, 1.165) is 9.83 Å². The molecular formula is C9H3F3I2O. The predicted octanol–water partition coefficient (Wildman–Crippen LogP) is 4.66. The van der Waals surface area contributed by atoms with Crippen LogP contribution in [0.4, 0.5) is 13.2 Å². The quantitative estimate of drug-likeness (QED) is 0.546. The molecule has 0 bridgehead atoms. The number of furan rings is 1. The molecule has 1 nitrogen and oxygen atoms in total. The predicted molar refractivity (Wildman–Crippen MR) is 66.7 cm³/mol. The second kappa shape index (κ2) is 3.79. The highest BCUT2D eigenvalue weighted by Crippen LogP contribution is 2.38. The number of halogens is 5. The summed E-state index contributed by atoms with van der Waals surface area (Å²) in [5, 5.41) is 0.124. The first-order valence-electron chi connectivity index (χ1n) is 3.83. The van der Waals surface area contributed by atoms with Crippen molar-refractivity contribution >= 4 is 56.2 Å². The Morgan fingerprint density at radius 2 is 1.80 bits per heavy atom. The van der Waals surface area contributed by atoms with Crippen LogP contribution in [0.1, 0.15) is 5.56 Å². The molecule has 1 aromatic heterocycles. The standard InChI is InChI=1S/C9H3F3I2O/c10-9(11,12)6-3-15-8-5(6)1-4(13)2-7(8)14/h1-3H. The minimum absolute atomic E-state index is 0.124. The summed E-state index contributed by atoms with van der Waals surface area (Å²) in [5.74, 6) is 0. The molecule has 0 fully saturated rings. The van der Waals surface area contributed by atoms with Gasteiger partial charge in [-0.2, -0.15) is 13.2 Å². The van der Waals surface area contributed by atoms with Gasteiger partial charge in [0.25, 0.3) is 0 Å². The Morgan fingerprint density at radius 3 is 2.40 bits per heavy atom. The Morgan fingerprint density at radius 1 is 1.13 bits per heavy atom. The highest BCUT2D eigenvalue weighted by molar-refractivity contribution is 14.1. The van der Waals surface area contributed by atoms with Crippen molar-refractivity contribution in [1.29, 1.82) is 0 Å². The molecule has 0 aliphatic heterocycles. The van der Waals surface area contributed by atoms with Crippen molar-refractivity contribution in [3.05, 3.63) is 31.1 Å². The third-order valence-corrected chi connectivity index (χ3v) is 3.32. The maximum Gasteiger partial charge on any atom is 0.420 e. The van der Waals surface area contributed by atoms with Crippen LogP contribution in [0.2, 0.25) is 0 Å². The molecular weight excluding hydrogens is 435 g/mol. The Balaban J connectivity index is 2.80. The van der Waals surface area contributed by atoms with Crippen LogP contribution in [0.15, 0.2) is 22.8 Å². The molecule has 0 unspecified atom stereocenters. The van der Waals surface area contributed by atoms with Gasteiger partial charge in [-0.3, -0.25) is 0 Å². The number of hydrogen-bond donors (Lipinski definition) is 0. The fourth-order valence-corrected chi connectivity index (χ4v) is 3.25. The van der Waals surface area contributed by atoms with Crippen LogP contribution in [0.3, 0.4) is 0 Å². The summed E-state index contributed by atoms with van der Waals surface area (Å²) in [7, 11) is 0. The maximum absolute atomic E-state index is 12.5. The monoisotopic (exact) mass is 438 g/mol. The van der Waals surface area contributed by atoms with Gasteiger partial charge in [0.15, 0.2) is 0 Å². The van der Waals surface area contributed by atoms with Crippen molar-refractivity contribution in [1.82, 2.24) is 0 Å². The van der Waals surface area contributed by atoms with Gasteiger partial charge < -0.3 is 4.42 Å². The molecule has 1 heterocycles. The molecule has 2 rings (SSSR count).